The zero-order valence-corrected chi connectivity index (χ0v) is 8.33. The van der Waals surface area contributed by atoms with E-state index in [0.29, 0.717) is 19.8 Å². The van der Waals surface area contributed by atoms with Crippen molar-refractivity contribution in [3.63, 3.8) is 0 Å². The van der Waals surface area contributed by atoms with Gasteiger partial charge < -0.3 is 9.47 Å². The van der Waals surface area contributed by atoms with Gasteiger partial charge in [-0.15, -0.1) is 0 Å². The predicted octanol–water partition coefficient (Wildman–Crippen LogP) is 0.228. The van der Waals surface area contributed by atoms with Gasteiger partial charge in [-0.3, -0.25) is 9.69 Å². The molecular weight excluding hydrogens is 182 g/mol. The first-order valence-corrected chi connectivity index (χ1v) is 5.05. The van der Waals surface area contributed by atoms with E-state index >= 15 is 0 Å². The third kappa shape index (κ3) is 2.13. The van der Waals surface area contributed by atoms with Crippen molar-refractivity contribution < 1.29 is 14.3 Å². The quantitative estimate of drug-likeness (QED) is 0.636. The van der Waals surface area contributed by atoms with Crippen molar-refractivity contribution in [1.29, 1.82) is 0 Å². The number of Topliss-reactive ketones (excluding diaryl/α,β-unsaturated/α-hetero) is 1. The molecule has 2 heterocycles. The van der Waals surface area contributed by atoms with E-state index in [1.165, 1.54) is 0 Å². The summed E-state index contributed by atoms with van der Waals surface area (Å²) in [5, 5.41) is 0. The first kappa shape index (κ1) is 10.1. The summed E-state index contributed by atoms with van der Waals surface area (Å²) < 4.78 is 11.2. The van der Waals surface area contributed by atoms with Gasteiger partial charge in [0.15, 0.2) is 5.79 Å². The molecule has 14 heavy (non-hydrogen) atoms. The van der Waals surface area contributed by atoms with Crippen LogP contribution in [-0.2, 0) is 14.3 Å². The molecular formula is C10H16NO3. The van der Waals surface area contributed by atoms with Gasteiger partial charge in [-0.05, 0) is 0 Å². The second-order valence-corrected chi connectivity index (χ2v) is 3.92. The minimum absolute atomic E-state index is 0.0193. The van der Waals surface area contributed by atoms with E-state index in [-0.39, 0.29) is 11.6 Å². The summed E-state index contributed by atoms with van der Waals surface area (Å²) in [5.41, 5.74) is 0. The third-order valence-electron chi connectivity index (χ3n) is 2.83. The van der Waals surface area contributed by atoms with E-state index in [1.807, 2.05) is 0 Å². The van der Waals surface area contributed by atoms with Crippen LogP contribution in [0.3, 0.4) is 0 Å². The molecule has 0 N–H and O–H groups in total. The molecule has 0 atom stereocenters. The average molecular weight is 198 g/mol. The van der Waals surface area contributed by atoms with Crippen LogP contribution in [0, 0.1) is 6.92 Å². The highest BCUT2D eigenvalue weighted by molar-refractivity contribution is 5.84. The molecule has 2 aliphatic heterocycles. The van der Waals surface area contributed by atoms with Crippen molar-refractivity contribution in [2.75, 3.05) is 32.8 Å². The summed E-state index contributed by atoms with van der Waals surface area (Å²) in [4.78, 5) is 12.9. The van der Waals surface area contributed by atoms with Crippen LogP contribution in [0.5, 0.6) is 0 Å². The Morgan fingerprint density at radius 3 is 2.36 bits per heavy atom. The van der Waals surface area contributed by atoms with Crippen LogP contribution in [0.4, 0.5) is 0 Å². The maximum atomic E-state index is 10.8. The van der Waals surface area contributed by atoms with Gasteiger partial charge in [0.05, 0.1) is 19.8 Å². The molecule has 0 saturated carbocycles. The summed E-state index contributed by atoms with van der Waals surface area (Å²) >= 11 is 0. The molecule has 4 nitrogen and oxygen atoms in total. The minimum atomic E-state index is -0.333. The van der Waals surface area contributed by atoms with Crippen molar-refractivity contribution >= 4 is 5.78 Å². The van der Waals surface area contributed by atoms with Crippen molar-refractivity contribution in [2.45, 2.75) is 18.6 Å². The molecule has 0 aromatic heterocycles. The van der Waals surface area contributed by atoms with Gasteiger partial charge in [0.25, 0.3) is 0 Å². The van der Waals surface area contributed by atoms with Crippen LogP contribution in [0.1, 0.15) is 12.8 Å². The van der Waals surface area contributed by atoms with Gasteiger partial charge in [-0.25, -0.2) is 0 Å². The molecule has 0 aromatic carbocycles. The number of carbonyl (C=O) groups is 1. The Balaban J connectivity index is 1.82. The van der Waals surface area contributed by atoms with Crippen molar-refractivity contribution in [1.82, 2.24) is 4.90 Å². The molecule has 0 aliphatic carbocycles. The van der Waals surface area contributed by atoms with E-state index in [4.69, 9.17) is 9.47 Å². The molecule has 0 aromatic rings. The van der Waals surface area contributed by atoms with Gasteiger partial charge in [0, 0.05) is 32.9 Å². The van der Waals surface area contributed by atoms with Gasteiger partial charge in [0.2, 0.25) is 0 Å². The highest BCUT2D eigenvalue weighted by Gasteiger charge is 2.39. The monoisotopic (exact) mass is 198 g/mol. The molecule has 2 fully saturated rings. The fourth-order valence-electron chi connectivity index (χ4n) is 2.09. The number of ether oxygens (including phenoxy) is 2. The molecule has 79 valence electrons. The van der Waals surface area contributed by atoms with E-state index in [0.717, 1.165) is 25.9 Å². The summed E-state index contributed by atoms with van der Waals surface area (Å²) in [7, 11) is 0. The Bertz CT molecular complexity index is 213. The normalized spacial score (nSPS) is 26.9. The van der Waals surface area contributed by atoms with Gasteiger partial charge in [-0.1, -0.05) is 0 Å². The first-order chi connectivity index (χ1) is 6.70. The van der Waals surface area contributed by atoms with Gasteiger partial charge >= 0.3 is 0 Å². The SMILES string of the molecule is [CH2]C(=O)CN1CCC2(CC1)OCCO2. The van der Waals surface area contributed by atoms with Crippen LogP contribution in [0.15, 0.2) is 0 Å². The summed E-state index contributed by atoms with van der Waals surface area (Å²) in [6, 6.07) is 0. The fraction of sp³-hybridized carbons (Fsp3) is 0.800. The molecule has 2 aliphatic rings. The zero-order valence-electron chi connectivity index (χ0n) is 8.33. The molecule has 4 heteroatoms. The number of nitrogens with zero attached hydrogens (tertiary/aromatic N) is 1. The predicted molar refractivity (Wildman–Crippen MR) is 50.7 cm³/mol. The number of likely N-dealkylation sites (tertiary alicyclic amines) is 1. The number of piperidine rings is 1. The van der Waals surface area contributed by atoms with E-state index < -0.39 is 0 Å². The number of ketones is 1. The lowest BCUT2D eigenvalue weighted by Crippen LogP contribution is -2.46. The Hall–Kier alpha value is -0.450. The standard InChI is InChI=1S/C10H16NO3/c1-9(12)8-11-4-2-10(3-5-11)13-6-7-14-10/h1-8H2. The lowest BCUT2D eigenvalue weighted by atomic mass is 10.0. The van der Waals surface area contributed by atoms with Crippen LogP contribution in [0.25, 0.3) is 0 Å². The highest BCUT2D eigenvalue weighted by atomic mass is 16.7. The number of hydrogen-bond donors (Lipinski definition) is 0. The van der Waals surface area contributed by atoms with Crippen LogP contribution in [-0.4, -0.2) is 49.3 Å². The van der Waals surface area contributed by atoms with Gasteiger partial charge in [-0.2, -0.15) is 0 Å². The Morgan fingerprint density at radius 2 is 1.86 bits per heavy atom. The lowest BCUT2D eigenvalue weighted by Gasteiger charge is -2.37. The Kier molecular flexibility index (Phi) is 2.85. The molecule has 1 radical (unpaired) electrons. The maximum Gasteiger partial charge on any atom is 0.170 e. The largest absolute Gasteiger partial charge is 0.347 e. The van der Waals surface area contributed by atoms with E-state index in [9.17, 15) is 4.79 Å². The summed E-state index contributed by atoms with van der Waals surface area (Å²) in [6.07, 6.45) is 1.72. The number of carbonyl (C=O) groups excluding carboxylic acids is 1. The van der Waals surface area contributed by atoms with Crippen molar-refractivity contribution in [2.24, 2.45) is 0 Å². The molecule has 0 amide bonds. The smallest absolute Gasteiger partial charge is 0.170 e. The molecule has 0 unspecified atom stereocenters. The van der Waals surface area contributed by atoms with Gasteiger partial charge in [0.1, 0.15) is 5.78 Å². The number of hydrogen-bond acceptors (Lipinski definition) is 4. The van der Waals surface area contributed by atoms with Crippen LogP contribution >= 0.6 is 0 Å². The van der Waals surface area contributed by atoms with Crippen molar-refractivity contribution in [3.8, 4) is 0 Å². The highest BCUT2D eigenvalue weighted by Crippen LogP contribution is 2.30. The molecule has 0 bridgehead atoms. The minimum Gasteiger partial charge on any atom is -0.347 e. The molecule has 1 spiro atoms. The lowest BCUT2D eigenvalue weighted by molar-refractivity contribution is -0.185. The number of rotatable bonds is 2. The second kappa shape index (κ2) is 3.96. The molecule has 2 saturated heterocycles. The summed E-state index contributed by atoms with van der Waals surface area (Å²) in [6.45, 7) is 6.96. The summed E-state index contributed by atoms with van der Waals surface area (Å²) in [5.74, 6) is -0.352. The van der Waals surface area contributed by atoms with E-state index in [2.05, 4.69) is 11.8 Å². The first-order valence-electron chi connectivity index (χ1n) is 5.05. The Morgan fingerprint density at radius 1 is 1.29 bits per heavy atom. The zero-order chi connectivity index (χ0) is 10.0. The second-order valence-electron chi connectivity index (χ2n) is 3.92. The Labute approximate surface area is 84.2 Å². The topological polar surface area (TPSA) is 38.8 Å². The fourth-order valence-corrected chi connectivity index (χ4v) is 2.09. The average Bonchev–Trinajstić information content (AvgIpc) is 2.58. The van der Waals surface area contributed by atoms with Crippen molar-refractivity contribution in [3.05, 3.63) is 6.92 Å². The van der Waals surface area contributed by atoms with Crippen LogP contribution in [0.2, 0.25) is 0 Å². The third-order valence-corrected chi connectivity index (χ3v) is 2.83. The van der Waals surface area contributed by atoms with Crippen LogP contribution < -0.4 is 0 Å². The van der Waals surface area contributed by atoms with E-state index in [1.54, 1.807) is 0 Å². The molecule has 2 rings (SSSR count). The maximum absolute atomic E-state index is 10.8.